The molecule has 2 rings (SSSR count). The average Bonchev–Trinajstić information content (AvgIpc) is 2.70. The third-order valence-corrected chi connectivity index (χ3v) is 4.31. The van der Waals surface area contributed by atoms with Crippen molar-refractivity contribution in [2.45, 2.75) is 18.4 Å². The highest BCUT2D eigenvalue weighted by Gasteiger charge is 2.19. The maximum atomic E-state index is 13.6. The first-order chi connectivity index (χ1) is 9.31. The Kier molecular flexibility index (Phi) is 3.78. The van der Waals surface area contributed by atoms with E-state index < -0.39 is 15.8 Å². The SMILES string of the molecule is Cc1ccc(F)c(S(=O)(=O)NCc2cnn(C)c2N)c1. The molecular formula is C12H15FN4O2S. The van der Waals surface area contributed by atoms with Gasteiger partial charge < -0.3 is 5.73 Å². The number of hydrogen-bond acceptors (Lipinski definition) is 4. The number of rotatable bonds is 4. The van der Waals surface area contributed by atoms with Crippen LogP contribution in [0.1, 0.15) is 11.1 Å². The highest BCUT2D eigenvalue weighted by Crippen LogP contribution is 2.17. The maximum Gasteiger partial charge on any atom is 0.243 e. The summed E-state index contributed by atoms with van der Waals surface area (Å²) in [6.45, 7) is 1.65. The fourth-order valence-electron chi connectivity index (χ4n) is 1.70. The zero-order valence-electron chi connectivity index (χ0n) is 11.1. The van der Waals surface area contributed by atoms with Crippen LogP contribution >= 0.6 is 0 Å². The number of aromatic nitrogens is 2. The number of anilines is 1. The van der Waals surface area contributed by atoms with Gasteiger partial charge in [0.2, 0.25) is 10.0 Å². The van der Waals surface area contributed by atoms with E-state index in [1.54, 1.807) is 14.0 Å². The number of sulfonamides is 1. The summed E-state index contributed by atoms with van der Waals surface area (Å²) in [5, 5.41) is 3.90. The van der Waals surface area contributed by atoms with Crippen molar-refractivity contribution in [3.63, 3.8) is 0 Å². The zero-order valence-corrected chi connectivity index (χ0v) is 11.9. The predicted octanol–water partition coefficient (Wildman–Crippen LogP) is 0.928. The molecule has 0 aliphatic heterocycles. The van der Waals surface area contributed by atoms with Gasteiger partial charge in [-0.2, -0.15) is 5.10 Å². The van der Waals surface area contributed by atoms with Crippen LogP contribution in [0.3, 0.4) is 0 Å². The van der Waals surface area contributed by atoms with Crippen molar-refractivity contribution in [3.05, 3.63) is 41.3 Å². The van der Waals surface area contributed by atoms with Crippen LogP contribution in [0.25, 0.3) is 0 Å². The second-order valence-corrected chi connectivity index (χ2v) is 6.17. The van der Waals surface area contributed by atoms with Crippen molar-refractivity contribution in [1.82, 2.24) is 14.5 Å². The van der Waals surface area contributed by atoms with Crippen LogP contribution in [-0.2, 0) is 23.6 Å². The monoisotopic (exact) mass is 298 g/mol. The molecule has 0 unspecified atom stereocenters. The van der Waals surface area contributed by atoms with Crippen molar-refractivity contribution in [2.24, 2.45) is 7.05 Å². The zero-order chi connectivity index (χ0) is 14.9. The second-order valence-electron chi connectivity index (χ2n) is 4.44. The van der Waals surface area contributed by atoms with Gasteiger partial charge in [-0.25, -0.2) is 17.5 Å². The molecule has 6 nitrogen and oxygen atoms in total. The third kappa shape index (κ3) is 2.81. The van der Waals surface area contributed by atoms with Crippen LogP contribution < -0.4 is 10.5 Å². The lowest BCUT2D eigenvalue weighted by atomic mass is 10.2. The number of hydrogen-bond donors (Lipinski definition) is 2. The van der Waals surface area contributed by atoms with E-state index in [9.17, 15) is 12.8 Å². The number of nitrogens with zero attached hydrogens (tertiary/aromatic N) is 2. The van der Waals surface area contributed by atoms with Gasteiger partial charge in [0.1, 0.15) is 16.5 Å². The summed E-state index contributed by atoms with van der Waals surface area (Å²) in [7, 11) is -2.29. The van der Waals surface area contributed by atoms with Gasteiger partial charge in [-0.3, -0.25) is 4.68 Å². The summed E-state index contributed by atoms with van der Waals surface area (Å²) in [6, 6.07) is 3.92. The molecule has 20 heavy (non-hydrogen) atoms. The van der Waals surface area contributed by atoms with Gasteiger partial charge in [-0.15, -0.1) is 0 Å². The smallest absolute Gasteiger partial charge is 0.243 e. The topological polar surface area (TPSA) is 90.0 Å². The molecule has 0 bridgehead atoms. The summed E-state index contributed by atoms with van der Waals surface area (Å²) in [5.41, 5.74) is 6.91. The molecule has 8 heteroatoms. The van der Waals surface area contributed by atoms with Gasteiger partial charge in [-0.05, 0) is 24.6 Å². The van der Waals surface area contributed by atoms with Crippen molar-refractivity contribution in [2.75, 3.05) is 5.73 Å². The summed E-state index contributed by atoms with van der Waals surface area (Å²) in [6.07, 6.45) is 1.46. The molecule has 0 amide bonds. The van der Waals surface area contributed by atoms with E-state index in [1.165, 1.54) is 23.0 Å². The lowest BCUT2D eigenvalue weighted by molar-refractivity contribution is 0.556. The Balaban J connectivity index is 2.24. The fourth-order valence-corrected chi connectivity index (χ4v) is 2.86. The van der Waals surface area contributed by atoms with Crippen LogP contribution in [-0.4, -0.2) is 18.2 Å². The summed E-state index contributed by atoms with van der Waals surface area (Å²) in [5.74, 6) is -0.431. The van der Waals surface area contributed by atoms with Crippen LogP contribution in [0.2, 0.25) is 0 Å². The minimum absolute atomic E-state index is 0.0462. The number of nitrogens with two attached hydrogens (primary N) is 1. The van der Waals surface area contributed by atoms with Crippen LogP contribution in [0.4, 0.5) is 10.2 Å². The Morgan fingerprint density at radius 1 is 1.45 bits per heavy atom. The van der Waals surface area contributed by atoms with Crippen LogP contribution in [0.15, 0.2) is 29.3 Å². The number of benzene rings is 1. The summed E-state index contributed by atoms with van der Waals surface area (Å²) >= 11 is 0. The summed E-state index contributed by atoms with van der Waals surface area (Å²) < 4.78 is 41.5. The van der Waals surface area contributed by atoms with E-state index in [-0.39, 0.29) is 11.4 Å². The second kappa shape index (κ2) is 5.22. The van der Waals surface area contributed by atoms with Gasteiger partial charge in [0.25, 0.3) is 0 Å². The maximum absolute atomic E-state index is 13.6. The van der Waals surface area contributed by atoms with Crippen molar-refractivity contribution < 1.29 is 12.8 Å². The molecule has 0 aliphatic carbocycles. The lowest BCUT2D eigenvalue weighted by Gasteiger charge is -2.08. The Morgan fingerprint density at radius 3 is 2.75 bits per heavy atom. The number of nitrogens with one attached hydrogen (secondary N) is 1. The molecule has 0 radical (unpaired) electrons. The Bertz CT molecular complexity index is 740. The first kappa shape index (κ1) is 14.5. The van der Waals surface area contributed by atoms with Gasteiger partial charge >= 0.3 is 0 Å². The number of aryl methyl sites for hydroxylation is 2. The Hall–Kier alpha value is -1.93. The third-order valence-electron chi connectivity index (χ3n) is 2.89. The highest BCUT2D eigenvalue weighted by molar-refractivity contribution is 7.89. The largest absolute Gasteiger partial charge is 0.384 e. The van der Waals surface area contributed by atoms with E-state index >= 15 is 0 Å². The van der Waals surface area contributed by atoms with Gasteiger partial charge in [0.05, 0.1) is 6.20 Å². The van der Waals surface area contributed by atoms with E-state index in [0.29, 0.717) is 16.9 Å². The number of halogens is 1. The molecule has 0 atom stereocenters. The molecule has 0 fully saturated rings. The molecule has 0 saturated carbocycles. The van der Waals surface area contributed by atoms with E-state index in [2.05, 4.69) is 9.82 Å². The van der Waals surface area contributed by atoms with Crippen LogP contribution in [0.5, 0.6) is 0 Å². The molecular weight excluding hydrogens is 283 g/mol. The quantitative estimate of drug-likeness (QED) is 0.878. The van der Waals surface area contributed by atoms with Gasteiger partial charge in [0.15, 0.2) is 0 Å². The molecule has 2 aromatic rings. The minimum Gasteiger partial charge on any atom is -0.384 e. The Morgan fingerprint density at radius 2 is 2.15 bits per heavy atom. The van der Waals surface area contributed by atoms with E-state index in [1.807, 2.05) is 0 Å². The lowest BCUT2D eigenvalue weighted by Crippen LogP contribution is -2.24. The van der Waals surface area contributed by atoms with Gasteiger partial charge in [0, 0.05) is 19.2 Å². The molecule has 0 saturated heterocycles. The Labute approximate surface area is 116 Å². The minimum atomic E-state index is -3.94. The molecule has 1 aromatic carbocycles. The molecule has 1 heterocycles. The normalized spacial score (nSPS) is 11.8. The van der Waals surface area contributed by atoms with E-state index in [0.717, 1.165) is 6.07 Å². The predicted molar refractivity (Wildman–Crippen MR) is 72.8 cm³/mol. The van der Waals surface area contributed by atoms with Crippen molar-refractivity contribution >= 4 is 15.8 Å². The van der Waals surface area contributed by atoms with Gasteiger partial charge in [-0.1, -0.05) is 6.07 Å². The van der Waals surface area contributed by atoms with Crippen molar-refractivity contribution in [3.8, 4) is 0 Å². The standard InChI is InChI=1S/C12H15FN4O2S/c1-8-3-4-10(13)11(5-8)20(18,19)16-7-9-6-15-17(2)12(9)14/h3-6,16H,7,14H2,1-2H3. The first-order valence-corrected chi connectivity index (χ1v) is 7.32. The first-order valence-electron chi connectivity index (χ1n) is 5.83. The van der Waals surface area contributed by atoms with E-state index in [4.69, 9.17) is 5.73 Å². The molecule has 0 spiro atoms. The molecule has 1 aromatic heterocycles. The molecule has 3 N–H and O–H groups in total. The highest BCUT2D eigenvalue weighted by atomic mass is 32.2. The molecule has 108 valence electrons. The average molecular weight is 298 g/mol. The van der Waals surface area contributed by atoms with Crippen LogP contribution in [0, 0.1) is 12.7 Å². The molecule has 0 aliphatic rings. The fraction of sp³-hybridized carbons (Fsp3) is 0.250. The number of nitrogen functional groups attached to an aromatic ring is 1. The van der Waals surface area contributed by atoms with Crippen molar-refractivity contribution in [1.29, 1.82) is 0 Å². The summed E-state index contributed by atoms with van der Waals surface area (Å²) in [4.78, 5) is -0.375.